The van der Waals surface area contributed by atoms with E-state index in [0.717, 1.165) is 0 Å². The van der Waals surface area contributed by atoms with Gasteiger partial charge in [-0.15, -0.1) is 0 Å². The molecule has 1 aromatic carbocycles. The lowest BCUT2D eigenvalue weighted by molar-refractivity contribution is -0.117. The number of aromatic hydroxyl groups is 1. The Balaban J connectivity index is 2.45. The smallest absolute Gasteiger partial charge is 0.263 e. The van der Waals surface area contributed by atoms with E-state index >= 15 is 0 Å². The molecule has 0 aliphatic heterocycles. The molecule has 0 heterocycles. The Hall–Kier alpha value is -2.52. The number of nitriles is 1. The lowest BCUT2D eigenvalue weighted by atomic mass is 10.2. The van der Waals surface area contributed by atoms with E-state index in [1.54, 1.807) is 12.1 Å². The zero-order valence-electron chi connectivity index (χ0n) is 11.9. The summed E-state index contributed by atoms with van der Waals surface area (Å²) in [6.07, 6.45) is 2.04. The zero-order valence-corrected chi connectivity index (χ0v) is 11.9. The van der Waals surface area contributed by atoms with E-state index < -0.39 is 5.91 Å². The lowest BCUT2D eigenvalue weighted by Gasteiger charge is -2.05. The SMILES string of the molecule is CCOCCCNC(=O)/C(C#N)=C\Nc1ccc(O)cc1. The molecular weight excluding hydrogens is 270 g/mol. The second kappa shape index (κ2) is 9.39. The van der Waals surface area contributed by atoms with Crippen LogP contribution in [0.5, 0.6) is 5.75 Å². The molecule has 0 atom stereocenters. The summed E-state index contributed by atoms with van der Waals surface area (Å²) >= 11 is 0. The van der Waals surface area contributed by atoms with Crippen molar-refractivity contribution in [2.75, 3.05) is 25.1 Å². The molecule has 112 valence electrons. The van der Waals surface area contributed by atoms with Gasteiger partial charge in [0.15, 0.2) is 0 Å². The maximum atomic E-state index is 11.8. The van der Waals surface area contributed by atoms with Gasteiger partial charge in [0, 0.05) is 31.6 Å². The summed E-state index contributed by atoms with van der Waals surface area (Å²) in [5.74, 6) is -0.280. The van der Waals surface area contributed by atoms with Gasteiger partial charge in [-0.05, 0) is 37.6 Å². The van der Waals surface area contributed by atoms with Crippen molar-refractivity contribution in [2.24, 2.45) is 0 Å². The molecule has 0 saturated carbocycles. The monoisotopic (exact) mass is 289 g/mol. The minimum absolute atomic E-state index is 0.0144. The highest BCUT2D eigenvalue weighted by Gasteiger charge is 2.07. The number of amides is 1. The van der Waals surface area contributed by atoms with Crippen LogP contribution in [0.15, 0.2) is 36.0 Å². The molecule has 21 heavy (non-hydrogen) atoms. The van der Waals surface area contributed by atoms with E-state index in [1.807, 2.05) is 13.0 Å². The maximum Gasteiger partial charge on any atom is 0.263 e. The van der Waals surface area contributed by atoms with Crippen molar-refractivity contribution in [3.63, 3.8) is 0 Å². The number of hydrogen-bond donors (Lipinski definition) is 3. The fourth-order valence-electron chi connectivity index (χ4n) is 1.48. The average molecular weight is 289 g/mol. The number of anilines is 1. The fraction of sp³-hybridized carbons (Fsp3) is 0.333. The first-order valence-corrected chi connectivity index (χ1v) is 6.69. The summed E-state index contributed by atoms with van der Waals surface area (Å²) in [6.45, 7) is 3.59. The van der Waals surface area contributed by atoms with Gasteiger partial charge in [0.05, 0.1) is 0 Å². The predicted octanol–water partition coefficient (Wildman–Crippen LogP) is 1.75. The zero-order chi connectivity index (χ0) is 15.5. The molecule has 0 bridgehead atoms. The Morgan fingerprint density at radius 1 is 1.43 bits per heavy atom. The van der Waals surface area contributed by atoms with Crippen LogP contribution in [-0.2, 0) is 9.53 Å². The van der Waals surface area contributed by atoms with Crippen LogP contribution in [0.3, 0.4) is 0 Å². The highest BCUT2D eigenvalue weighted by atomic mass is 16.5. The molecule has 1 amide bonds. The number of phenolic OH excluding ortho intramolecular Hbond substituents is 1. The quantitative estimate of drug-likeness (QED) is 0.293. The van der Waals surface area contributed by atoms with Crippen LogP contribution in [0.4, 0.5) is 5.69 Å². The third kappa shape index (κ3) is 6.45. The number of nitrogens with zero attached hydrogens (tertiary/aromatic N) is 1. The number of nitrogens with one attached hydrogen (secondary N) is 2. The van der Waals surface area contributed by atoms with Gasteiger partial charge in [-0.1, -0.05) is 0 Å². The molecule has 0 aromatic heterocycles. The van der Waals surface area contributed by atoms with E-state index in [4.69, 9.17) is 15.1 Å². The summed E-state index contributed by atoms with van der Waals surface area (Å²) in [5.41, 5.74) is 0.657. The van der Waals surface area contributed by atoms with Gasteiger partial charge < -0.3 is 20.5 Å². The van der Waals surface area contributed by atoms with Gasteiger partial charge in [-0.2, -0.15) is 5.26 Å². The third-order valence-electron chi connectivity index (χ3n) is 2.57. The van der Waals surface area contributed by atoms with Gasteiger partial charge in [-0.3, -0.25) is 4.79 Å². The van der Waals surface area contributed by atoms with Crippen LogP contribution >= 0.6 is 0 Å². The first-order valence-electron chi connectivity index (χ1n) is 6.69. The number of phenols is 1. The Bertz CT molecular complexity index is 518. The summed E-state index contributed by atoms with van der Waals surface area (Å²) in [6, 6.07) is 8.14. The standard InChI is InChI=1S/C15H19N3O3/c1-2-21-9-3-8-17-15(20)12(10-16)11-18-13-4-6-14(19)7-5-13/h4-7,11,18-19H,2-3,8-9H2,1H3,(H,17,20)/b12-11-. The van der Waals surface area contributed by atoms with Crippen LogP contribution in [0.2, 0.25) is 0 Å². The molecule has 1 aromatic rings. The second-order valence-corrected chi connectivity index (χ2v) is 4.17. The van der Waals surface area contributed by atoms with Crippen LogP contribution in [0, 0.1) is 11.3 Å². The Kier molecular flexibility index (Phi) is 7.40. The summed E-state index contributed by atoms with van der Waals surface area (Å²) in [7, 11) is 0. The first kappa shape index (κ1) is 16.5. The number of ether oxygens (including phenoxy) is 1. The fourth-order valence-corrected chi connectivity index (χ4v) is 1.48. The van der Waals surface area contributed by atoms with Crippen molar-refractivity contribution in [3.05, 3.63) is 36.0 Å². The van der Waals surface area contributed by atoms with Gasteiger partial charge in [0.1, 0.15) is 17.4 Å². The topological polar surface area (TPSA) is 94.4 Å². The first-order chi connectivity index (χ1) is 10.2. The number of carbonyl (C=O) groups excluding carboxylic acids is 1. The van der Waals surface area contributed by atoms with Gasteiger partial charge in [-0.25, -0.2) is 0 Å². The van der Waals surface area contributed by atoms with Crippen LogP contribution in [-0.4, -0.2) is 30.8 Å². The molecule has 0 saturated heterocycles. The molecule has 0 radical (unpaired) electrons. The van der Waals surface area contributed by atoms with Gasteiger partial charge >= 0.3 is 0 Å². The predicted molar refractivity (Wildman–Crippen MR) is 79.5 cm³/mol. The molecule has 0 aliphatic rings. The molecule has 0 aliphatic carbocycles. The maximum absolute atomic E-state index is 11.8. The van der Waals surface area contributed by atoms with Gasteiger partial charge in [0.25, 0.3) is 5.91 Å². The molecule has 0 unspecified atom stereocenters. The van der Waals surface area contributed by atoms with Crippen molar-refractivity contribution in [2.45, 2.75) is 13.3 Å². The molecule has 6 heteroatoms. The van der Waals surface area contributed by atoms with Crippen LogP contribution in [0.1, 0.15) is 13.3 Å². The van der Waals surface area contributed by atoms with Crippen LogP contribution in [0.25, 0.3) is 0 Å². The molecular formula is C15H19N3O3. The highest BCUT2D eigenvalue weighted by Crippen LogP contribution is 2.13. The molecule has 6 nitrogen and oxygen atoms in total. The lowest BCUT2D eigenvalue weighted by Crippen LogP contribution is -2.26. The number of benzene rings is 1. The van der Waals surface area contributed by atoms with E-state index in [1.165, 1.54) is 18.3 Å². The highest BCUT2D eigenvalue weighted by molar-refractivity contribution is 5.97. The molecule has 0 spiro atoms. The van der Waals surface area contributed by atoms with Crippen molar-refractivity contribution < 1.29 is 14.6 Å². The van der Waals surface area contributed by atoms with E-state index in [0.29, 0.717) is 31.9 Å². The van der Waals surface area contributed by atoms with E-state index in [9.17, 15) is 4.79 Å². The number of hydrogen-bond acceptors (Lipinski definition) is 5. The van der Waals surface area contributed by atoms with E-state index in [2.05, 4.69) is 10.6 Å². The van der Waals surface area contributed by atoms with Gasteiger partial charge in [0.2, 0.25) is 0 Å². The largest absolute Gasteiger partial charge is 0.508 e. The van der Waals surface area contributed by atoms with Crippen molar-refractivity contribution >= 4 is 11.6 Å². The Morgan fingerprint density at radius 2 is 2.14 bits per heavy atom. The minimum Gasteiger partial charge on any atom is -0.508 e. The normalized spacial score (nSPS) is 10.8. The third-order valence-corrected chi connectivity index (χ3v) is 2.57. The number of carbonyl (C=O) groups is 1. The minimum atomic E-state index is -0.430. The molecule has 3 N–H and O–H groups in total. The van der Waals surface area contributed by atoms with E-state index in [-0.39, 0.29) is 11.3 Å². The van der Waals surface area contributed by atoms with Crippen molar-refractivity contribution in [1.82, 2.24) is 5.32 Å². The van der Waals surface area contributed by atoms with Crippen molar-refractivity contribution in [3.8, 4) is 11.8 Å². The molecule has 1 rings (SSSR count). The number of rotatable bonds is 8. The Morgan fingerprint density at radius 3 is 2.76 bits per heavy atom. The summed E-state index contributed by atoms with van der Waals surface area (Å²) in [5, 5.41) is 23.6. The summed E-state index contributed by atoms with van der Waals surface area (Å²) < 4.78 is 5.15. The Labute approximate surface area is 124 Å². The van der Waals surface area contributed by atoms with Crippen molar-refractivity contribution in [1.29, 1.82) is 5.26 Å². The summed E-state index contributed by atoms with van der Waals surface area (Å²) in [4.78, 5) is 11.8. The van der Waals surface area contributed by atoms with Crippen LogP contribution < -0.4 is 10.6 Å². The molecule has 0 fully saturated rings. The average Bonchev–Trinajstić information content (AvgIpc) is 2.49. The second-order valence-electron chi connectivity index (χ2n) is 4.17.